The number of anilines is 1. The molecule has 1 N–H and O–H groups in total. The molecule has 0 aliphatic rings. The topological polar surface area (TPSA) is 77.3 Å². The van der Waals surface area contributed by atoms with Crippen LogP contribution in [0.1, 0.15) is 10.4 Å². The summed E-state index contributed by atoms with van der Waals surface area (Å²) < 4.78 is 10.8. The van der Waals surface area contributed by atoms with Gasteiger partial charge in [-0.1, -0.05) is 47.6 Å². The third-order valence-corrected chi connectivity index (χ3v) is 3.99. The molecule has 4 aromatic rings. The second-order valence-corrected chi connectivity index (χ2v) is 5.63. The lowest BCUT2D eigenvalue weighted by molar-refractivity contribution is 0.102. The van der Waals surface area contributed by atoms with E-state index in [0.29, 0.717) is 16.9 Å². The van der Waals surface area contributed by atoms with E-state index < -0.39 is 0 Å². The predicted octanol–water partition coefficient (Wildman–Crippen LogP) is 4.15. The van der Waals surface area contributed by atoms with Gasteiger partial charge in [0.1, 0.15) is 5.75 Å². The van der Waals surface area contributed by atoms with Crippen LogP contribution in [0.3, 0.4) is 0 Å². The molecule has 0 aliphatic heterocycles. The molecule has 3 aromatic carbocycles. The Morgan fingerprint density at radius 1 is 0.962 bits per heavy atom. The number of para-hydroxylation sites is 1. The first kappa shape index (κ1) is 15.8. The SMILES string of the molecule is COc1ccccc1-c1nnc(NC(=O)c2ccc3ccccc3c2)o1. The van der Waals surface area contributed by atoms with Gasteiger partial charge in [0.25, 0.3) is 11.8 Å². The Morgan fingerprint density at radius 3 is 2.58 bits per heavy atom. The Labute approximate surface area is 149 Å². The Bertz CT molecular complexity index is 1090. The Balaban J connectivity index is 1.57. The molecule has 0 spiro atoms. The molecule has 6 nitrogen and oxygen atoms in total. The zero-order valence-electron chi connectivity index (χ0n) is 14.0. The van der Waals surface area contributed by atoms with Gasteiger partial charge in [0.05, 0.1) is 12.7 Å². The van der Waals surface area contributed by atoms with Crippen molar-refractivity contribution >= 4 is 22.7 Å². The molecule has 0 unspecified atom stereocenters. The standard InChI is InChI=1S/C20H15N3O3/c1-25-17-9-5-4-8-16(17)19-22-23-20(26-19)21-18(24)15-11-10-13-6-2-3-7-14(13)12-15/h2-12H,1H3,(H,21,23,24). The van der Waals surface area contributed by atoms with Gasteiger partial charge in [-0.3, -0.25) is 10.1 Å². The number of rotatable bonds is 4. The summed E-state index contributed by atoms with van der Waals surface area (Å²) in [6.45, 7) is 0. The first-order valence-corrected chi connectivity index (χ1v) is 8.01. The number of methoxy groups -OCH3 is 1. The maximum atomic E-state index is 12.5. The van der Waals surface area contributed by atoms with Crippen molar-refractivity contribution in [3.63, 3.8) is 0 Å². The zero-order valence-corrected chi connectivity index (χ0v) is 14.0. The minimum atomic E-state index is -0.314. The highest BCUT2D eigenvalue weighted by molar-refractivity contribution is 6.05. The van der Waals surface area contributed by atoms with Crippen molar-refractivity contribution in [3.8, 4) is 17.2 Å². The fraction of sp³-hybridized carbons (Fsp3) is 0.0500. The van der Waals surface area contributed by atoms with Crippen molar-refractivity contribution in [2.45, 2.75) is 0 Å². The quantitative estimate of drug-likeness (QED) is 0.601. The Hall–Kier alpha value is -3.67. The van der Waals surface area contributed by atoms with Gasteiger partial charge in [-0.25, -0.2) is 0 Å². The van der Waals surface area contributed by atoms with E-state index in [1.54, 1.807) is 25.3 Å². The lowest BCUT2D eigenvalue weighted by atomic mass is 10.1. The molecule has 6 heteroatoms. The summed E-state index contributed by atoms with van der Waals surface area (Å²) in [5, 5.41) is 12.6. The number of nitrogens with one attached hydrogen (secondary N) is 1. The van der Waals surface area contributed by atoms with Gasteiger partial charge in [0, 0.05) is 5.56 Å². The van der Waals surface area contributed by atoms with Crippen molar-refractivity contribution in [1.82, 2.24) is 10.2 Å². The van der Waals surface area contributed by atoms with Gasteiger partial charge in [-0.2, -0.15) is 0 Å². The molecular formula is C20H15N3O3. The number of amides is 1. The van der Waals surface area contributed by atoms with Crippen LogP contribution in [-0.2, 0) is 0 Å². The van der Waals surface area contributed by atoms with Crippen LogP contribution in [0.2, 0.25) is 0 Å². The van der Waals surface area contributed by atoms with Gasteiger partial charge in [-0.05, 0) is 35.0 Å². The molecule has 4 rings (SSSR count). The van der Waals surface area contributed by atoms with Crippen LogP contribution in [0.15, 0.2) is 71.1 Å². The first-order valence-electron chi connectivity index (χ1n) is 8.01. The van der Waals surface area contributed by atoms with Crippen molar-refractivity contribution < 1.29 is 13.9 Å². The van der Waals surface area contributed by atoms with Crippen LogP contribution in [-0.4, -0.2) is 23.2 Å². The zero-order chi connectivity index (χ0) is 17.9. The number of carbonyl (C=O) groups excluding carboxylic acids is 1. The number of fused-ring (bicyclic) bond motifs is 1. The molecule has 0 fully saturated rings. The molecule has 1 heterocycles. The predicted molar refractivity (Wildman–Crippen MR) is 98.2 cm³/mol. The van der Waals surface area contributed by atoms with E-state index in [9.17, 15) is 4.79 Å². The fourth-order valence-corrected chi connectivity index (χ4v) is 2.70. The van der Waals surface area contributed by atoms with E-state index >= 15 is 0 Å². The smallest absolute Gasteiger partial charge is 0.322 e. The largest absolute Gasteiger partial charge is 0.496 e. The van der Waals surface area contributed by atoms with Crippen LogP contribution in [0.25, 0.3) is 22.2 Å². The molecule has 0 saturated heterocycles. The third kappa shape index (κ3) is 3.00. The molecule has 1 aromatic heterocycles. The Kier molecular flexibility index (Phi) is 4.07. The molecule has 1 amide bonds. The van der Waals surface area contributed by atoms with E-state index in [1.807, 2.05) is 48.5 Å². The van der Waals surface area contributed by atoms with E-state index in [2.05, 4.69) is 15.5 Å². The molecule has 0 bridgehead atoms. The summed E-state index contributed by atoms with van der Waals surface area (Å²) in [6, 6.07) is 20.7. The molecule has 128 valence electrons. The maximum Gasteiger partial charge on any atom is 0.322 e. The van der Waals surface area contributed by atoms with E-state index in [1.165, 1.54) is 0 Å². The molecule has 0 atom stereocenters. The highest BCUT2D eigenvalue weighted by Gasteiger charge is 2.15. The molecule has 0 aliphatic carbocycles. The second-order valence-electron chi connectivity index (χ2n) is 5.63. The average molecular weight is 345 g/mol. The summed E-state index contributed by atoms with van der Waals surface area (Å²) in [4.78, 5) is 12.5. The summed E-state index contributed by atoms with van der Waals surface area (Å²) in [5.74, 6) is 0.575. The number of hydrogen-bond donors (Lipinski definition) is 1. The summed E-state index contributed by atoms with van der Waals surface area (Å²) in [7, 11) is 1.57. The number of nitrogens with zero attached hydrogens (tertiary/aromatic N) is 2. The van der Waals surface area contributed by atoms with Gasteiger partial charge in [0.2, 0.25) is 0 Å². The van der Waals surface area contributed by atoms with E-state index in [0.717, 1.165) is 10.8 Å². The number of aromatic nitrogens is 2. The van der Waals surface area contributed by atoms with Gasteiger partial charge < -0.3 is 9.15 Å². The van der Waals surface area contributed by atoms with Crippen molar-refractivity contribution in [2.24, 2.45) is 0 Å². The van der Waals surface area contributed by atoms with Gasteiger partial charge in [0.15, 0.2) is 0 Å². The van der Waals surface area contributed by atoms with E-state index in [4.69, 9.17) is 9.15 Å². The monoisotopic (exact) mass is 345 g/mol. The van der Waals surface area contributed by atoms with Gasteiger partial charge >= 0.3 is 6.01 Å². The average Bonchev–Trinajstić information content (AvgIpc) is 3.15. The molecular weight excluding hydrogens is 330 g/mol. The van der Waals surface area contributed by atoms with Crippen LogP contribution in [0.4, 0.5) is 6.01 Å². The van der Waals surface area contributed by atoms with Crippen LogP contribution in [0.5, 0.6) is 5.75 Å². The van der Waals surface area contributed by atoms with Crippen molar-refractivity contribution in [3.05, 3.63) is 72.3 Å². The molecule has 0 saturated carbocycles. The fourth-order valence-electron chi connectivity index (χ4n) is 2.70. The highest BCUT2D eigenvalue weighted by Crippen LogP contribution is 2.29. The number of benzene rings is 3. The molecule has 26 heavy (non-hydrogen) atoms. The lowest BCUT2D eigenvalue weighted by Crippen LogP contribution is -2.12. The Morgan fingerprint density at radius 2 is 1.73 bits per heavy atom. The number of carbonyl (C=O) groups is 1. The minimum Gasteiger partial charge on any atom is -0.496 e. The summed E-state index contributed by atoms with van der Waals surface area (Å²) >= 11 is 0. The summed E-state index contributed by atoms with van der Waals surface area (Å²) in [5.41, 5.74) is 1.18. The number of ether oxygens (including phenoxy) is 1. The van der Waals surface area contributed by atoms with Crippen LogP contribution in [0, 0.1) is 0 Å². The van der Waals surface area contributed by atoms with Crippen molar-refractivity contribution in [2.75, 3.05) is 12.4 Å². The number of hydrogen-bond acceptors (Lipinski definition) is 5. The normalized spacial score (nSPS) is 10.7. The second kappa shape index (κ2) is 6.68. The minimum absolute atomic E-state index is 0.0315. The summed E-state index contributed by atoms with van der Waals surface area (Å²) in [6.07, 6.45) is 0. The van der Waals surface area contributed by atoms with Crippen LogP contribution < -0.4 is 10.1 Å². The van der Waals surface area contributed by atoms with E-state index in [-0.39, 0.29) is 17.8 Å². The third-order valence-electron chi connectivity index (χ3n) is 3.99. The first-order chi connectivity index (χ1) is 12.7. The lowest BCUT2D eigenvalue weighted by Gasteiger charge is -2.04. The maximum absolute atomic E-state index is 12.5. The van der Waals surface area contributed by atoms with Crippen LogP contribution >= 0.6 is 0 Å². The highest BCUT2D eigenvalue weighted by atomic mass is 16.5. The molecule has 0 radical (unpaired) electrons. The van der Waals surface area contributed by atoms with Gasteiger partial charge in [-0.15, -0.1) is 5.10 Å². The van der Waals surface area contributed by atoms with Crippen molar-refractivity contribution in [1.29, 1.82) is 0 Å².